The molecule has 2 rings (SSSR count). The molecule has 1 aromatic rings. The molecule has 1 aliphatic heterocycles. The van der Waals surface area contributed by atoms with Crippen LogP contribution in [-0.2, 0) is 4.79 Å². The van der Waals surface area contributed by atoms with Crippen molar-refractivity contribution in [2.24, 2.45) is 0 Å². The molecule has 0 saturated carbocycles. The molecule has 0 aromatic heterocycles. The minimum absolute atomic E-state index is 0.167. The summed E-state index contributed by atoms with van der Waals surface area (Å²) in [6, 6.07) is 9.77. The zero-order chi connectivity index (χ0) is 18.9. The topological polar surface area (TPSA) is 50.6 Å². The number of alkyl halides is 2. The molecule has 1 amide bonds. The van der Waals surface area contributed by atoms with Crippen LogP contribution in [0.1, 0.15) is 5.56 Å². The molecule has 7 heteroatoms. The van der Waals surface area contributed by atoms with E-state index >= 15 is 0 Å². The number of carbonyl (C=O) groups is 1. The SMILES string of the molecule is CN1CCN(C(=O)C(C#N)=Cc2ccc(N(CCCl)CCCl)cc2)CC1. The Hall–Kier alpha value is -1.74. The molecule has 1 fully saturated rings. The Labute approximate surface area is 165 Å². The predicted octanol–water partition coefficient (Wildman–Crippen LogP) is 2.65. The molecular formula is C19H24Cl2N4O. The highest BCUT2D eigenvalue weighted by Crippen LogP contribution is 2.18. The quantitative estimate of drug-likeness (QED) is 0.405. The number of carbonyl (C=O) groups excluding carboxylic acids is 1. The molecular weight excluding hydrogens is 371 g/mol. The molecule has 5 nitrogen and oxygen atoms in total. The Morgan fingerprint density at radius 2 is 1.73 bits per heavy atom. The Morgan fingerprint density at radius 1 is 1.15 bits per heavy atom. The van der Waals surface area contributed by atoms with Crippen molar-refractivity contribution in [3.05, 3.63) is 35.4 Å². The average Bonchev–Trinajstić information content (AvgIpc) is 2.66. The van der Waals surface area contributed by atoms with E-state index in [1.54, 1.807) is 11.0 Å². The van der Waals surface area contributed by atoms with E-state index in [4.69, 9.17) is 23.2 Å². The molecule has 0 bridgehead atoms. The van der Waals surface area contributed by atoms with Crippen molar-refractivity contribution < 1.29 is 4.79 Å². The lowest BCUT2D eigenvalue weighted by molar-refractivity contribution is -0.128. The van der Waals surface area contributed by atoms with Gasteiger partial charge in [-0.1, -0.05) is 12.1 Å². The first-order chi connectivity index (χ1) is 12.6. The minimum Gasteiger partial charge on any atom is -0.369 e. The fourth-order valence-electron chi connectivity index (χ4n) is 2.84. The molecule has 0 unspecified atom stereocenters. The lowest BCUT2D eigenvalue weighted by Gasteiger charge is -2.32. The fraction of sp³-hybridized carbons (Fsp3) is 0.474. The normalized spacial score (nSPS) is 15.6. The van der Waals surface area contributed by atoms with E-state index in [1.165, 1.54) is 0 Å². The smallest absolute Gasteiger partial charge is 0.264 e. The second-order valence-electron chi connectivity index (χ2n) is 6.22. The Kier molecular flexibility index (Phi) is 8.24. The van der Waals surface area contributed by atoms with Crippen LogP contribution < -0.4 is 4.90 Å². The number of amides is 1. The molecule has 1 aromatic carbocycles. The summed E-state index contributed by atoms with van der Waals surface area (Å²) < 4.78 is 0. The number of piperazine rings is 1. The molecule has 0 N–H and O–H groups in total. The second kappa shape index (κ2) is 10.4. The number of nitriles is 1. The summed E-state index contributed by atoms with van der Waals surface area (Å²) in [6.07, 6.45) is 1.65. The van der Waals surface area contributed by atoms with Crippen molar-refractivity contribution in [1.29, 1.82) is 5.26 Å². The third-order valence-electron chi connectivity index (χ3n) is 4.42. The van der Waals surface area contributed by atoms with E-state index in [-0.39, 0.29) is 11.5 Å². The number of halogens is 2. The van der Waals surface area contributed by atoms with Gasteiger partial charge in [0.2, 0.25) is 0 Å². The van der Waals surface area contributed by atoms with Crippen LogP contribution in [0.2, 0.25) is 0 Å². The van der Waals surface area contributed by atoms with Crippen LogP contribution in [-0.4, -0.2) is 73.8 Å². The van der Waals surface area contributed by atoms with Gasteiger partial charge in [0.1, 0.15) is 11.6 Å². The van der Waals surface area contributed by atoms with Gasteiger partial charge in [0.15, 0.2) is 0 Å². The van der Waals surface area contributed by atoms with Crippen LogP contribution in [0.4, 0.5) is 5.69 Å². The number of nitrogens with zero attached hydrogens (tertiary/aromatic N) is 4. The molecule has 0 aliphatic carbocycles. The Morgan fingerprint density at radius 3 is 2.23 bits per heavy atom. The maximum atomic E-state index is 12.6. The number of likely N-dealkylation sites (N-methyl/N-ethyl adjacent to an activating group) is 1. The van der Waals surface area contributed by atoms with Gasteiger partial charge in [0.05, 0.1) is 0 Å². The first-order valence-corrected chi connectivity index (χ1v) is 9.72. The summed E-state index contributed by atoms with van der Waals surface area (Å²) in [5.74, 6) is 0.850. The fourth-order valence-corrected chi connectivity index (χ4v) is 3.25. The van der Waals surface area contributed by atoms with Crippen molar-refractivity contribution in [3.63, 3.8) is 0 Å². The molecule has 1 aliphatic rings. The predicted molar refractivity (Wildman–Crippen MR) is 108 cm³/mol. The molecule has 0 radical (unpaired) electrons. The molecule has 0 atom stereocenters. The summed E-state index contributed by atoms with van der Waals surface area (Å²) in [4.78, 5) is 18.6. The molecule has 0 spiro atoms. The van der Waals surface area contributed by atoms with Gasteiger partial charge in [-0.25, -0.2) is 0 Å². The van der Waals surface area contributed by atoms with E-state index in [1.807, 2.05) is 37.4 Å². The highest BCUT2D eigenvalue weighted by atomic mass is 35.5. The number of anilines is 1. The molecule has 140 valence electrons. The first kappa shape index (κ1) is 20.6. The third-order valence-corrected chi connectivity index (χ3v) is 4.76. The highest BCUT2D eigenvalue weighted by molar-refractivity contribution is 6.18. The summed E-state index contributed by atoms with van der Waals surface area (Å²) in [5, 5.41) is 9.41. The molecule has 26 heavy (non-hydrogen) atoms. The summed E-state index contributed by atoms with van der Waals surface area (Å²) in [7, 11) is 2.03. The van der Waals surface area contributed by atoms with Gasteiger partial charge in [-0.15, -0.1) is 23.2 Å². The number of hydrogen-bond acceptors (Lipinski definition) is 4. The monoisotopic (exact) mass is 394 g/mol. The minimum atomic E-state index is -0.199. The standard InChI is InChI=1S/C19H24Cl2N4O/c1-23-10-12-25(13-11-23)19(26)17(15-22)14-16-2-4-18(5-3-16)24(8-6-20)9-7-21/h2-5,14H,6-13H2,1H3. The summed E-state index contributed by atoms with van der Waals surface area (Å²) in [6.45, 7) is 4.40. The van der Waals surface area contributed by atoms with Crippen LogP contribution in [0.3, 0.4) is 0 Å². The molecule has 1 saturated heterocycles. The van der Waals surface area contributed by atoms with E-state index in [9.17, 15) is 10.1 Å². The number of benzene rings is 1. The van der Waals surface area contributed by atoms with Crippen molar-refractivity contribution in [3.8, 4) is 6.07 Å². The van der Waals surface area contributed by atoms with Crippen molar-refractivity contribution in [2.75, 3.05) is 63.0 Å². The summed E-state index contributed by atoms with van der Waals surface area (Å²) in [5.41, 5.74) is 2.01. The number of hydrogen-bond donors (Lipinski definition) is 0. The van der Waals surface area contributed by atoms with Gasteiger partial charge in [0.25, 0.3) is 5.91 Å². The summed E-state index contributed by atoms with van der Waals surface area (Å²) >= 11 is 11.7. The Balaban J connectivity index is 2.11. The van der Waals surface area contributed by atoms with Gasteiger partial charge in [0, 0.05) is 56.7 Å². The van der Waals surface area contributed by atoms with Crippen LogP contribution in [0, 0.1) is 11.3 Å². The largest absolute Gasteiger partial charge is 0.369 e. The zero-order valence-electron chi connectivity index (χ0n) is 15.0. The van der Waals surface area contributed by atoms with Crippen molar-refractivity contribution >= 4 is 40.9 Å². The third kappa shape index (κ3) is 5.63. The van der Waals surface area contributed by atoms with Gasteiger partial charge in [-0.3, -0.25) is 4.79 Å². The zero-order valence-corrected chi connectivity index (χ0v) is 16.5. The maximum Gasteiger partial charge on any atom is 0.264 e. The first-order valence-electron chi connectivity index (χ1n) is 8.65. The van der Waals surface area contributed by atoms with E-state index < -0.39 is 0 Å². The highest BCUT2D eigenvalue weighted by Gasteiger charge is 2.22. The average molecular weight is 395 g/mol. The lowest BCUT2D eigenvalue weighted by atomic mass is 10.1. The molecule has 1 heterocycles. The van der Waals surface area contributed by atoms with Gasteiger partial charge < -0.3 is 14.7 Å². The Bertz CT molecular complexity index is 655. The van der Waals surface area contributed by atoms with Gasteiger partial charge >= 0.3 is 0 Å². The second-order valence-corrected chi connectivity index (χ2v) is 6.98. The number of rotatable bonds is 7. The van der Waals surface area contributed by atoms with Gasteiger partial charge in [-0.05, 0) is 30.8 Å². The van der Waals surface area contributed by atoms with Crippen molar-refractivity contribution in [2.45, 2.75) is 0 Å². The lowest BCUT2D eigenvalue weighted by Crippen LogP contribution is -2.47. The van der Waals surface area contributed by atoms with Gasteiger partial charge in [-0.2, -0.15) is 5.26 Å². The van der Waals surface area contributed by atoms with Crippen LogP contribution in [0.15, 0.2) is 29.8 Å². The van der Waals surface area contributed by atoms with Crippen LogP contribution in [0.25, 0.3) is 6.08 Å². The van der Waals surface area contributed by atoms with E-state index in [0.717, 1.165) is 37.4 Å². The maximum absolute atomic E-state index is 12.6. The van der Waals surface area contributed by atoms with E-state index in [0.29, 0.717) is 24.8 Å². The van der Waals surface area contributed by atoms with Crippen LogP contribution >= 0.6 is 23.2 Å². The van der Waals surface area contributed by atoms with Crippen LogP contribution in [0.5, 0.6) is 0 Å². The van der Waals surface area contributed by atoms with E-state index in [2.05, 4.69) is 9.80 Å². The van der Waals surface area contributed by atoms with Crippen molar-refractivity contribution in [1.82, 2.24) is 9.80 Å².